The minimum absolute atomic E-state index is 0.158. The Morgan fingerprint density at radius 3 is 2.80 bits per heavy atom. The predicted octanol–water partition coefficient (Wildman–Crippen LogP) is 1.91. The topological polar surface area (TPSA) is 41.6 Å². The van der Waals surface area contributed by atoms with E-state index in [0.29, 0.717) is 13.2 Å². The molecule has 0 aliphatic heterocycles. The van der Waals surface area contributed by atoms with Gasteiger partial charge in [0.2, 0.25) is 5.91 Å². The third-order valence-corrected chi connectivity index (χ3v) is 3.48. The van der Waals surface area contributed by atoms with Crippen LogP contribution in [-0.2, 0) is 4.79 Å². The summed E-state index contributed by atoms with van der Waals surface area (Å²) in [6.45, 7) is 2.80. The molecule has 1 aliphatic carbocycles. The highest BCUT2D eigenvalue weighted by Gasteiger charge is 2.20. The molecule has 1 aromatic carbocycles. The number of nitrogens with one attached hydrogen (secondary N) is 1. The summed E-state index contributed by atoms with van der Waals surface area (Å²) in [5, 5.41) is 3.22. The van der Waals surface area contributed by atoms with Crippen LogP contribution in [0.15, 0.2) is 30.3 Å². The second kappa shape index (κ2) is 7.90. The van der Waals surface area contributed by atoms with Crippen LogP contribution >= 0.6 is 0 Å². The Hall–Kier alpha value is -1.55. The van der Waals surface area contributed by atoms with Crippen molar-refractivity contribution < 1.29 is 9.53 Å². The number of carbonyl (C=O) groups is 1. The van der Waals surface area contributed by atoms with Gasteiger partial charge in [-0.3, -0.25) is 4.79 Å². The van der Waals surface area contributed by atoms with Crippen molar-refractivity contribution in [2.45, 2.75) is 19.3 Å². The summed E-state index contributed by atoms with van der Waals surface area (Å²) in [6.07, 6.45) is 3.47. The minimum Gasteiger partial charge on any atom is -0.494 e. The van der Waals surface area contributed by atoms with E-state index in [9.17, 15) is 4.79 Å². The van der Waals surface area contributed by atoms with Crippen molar-refractivity contribution in [3.05, 3.63) is 30.3 Å². The fourth-order valence-corrected chi connectivity index (χ4v) is 1.97. The monoisotopic (exact) mass is 276 g/mol. The molecule has 0 spiro atoms. The first-order valence-electron chi connectivity index (χ1n) is 7.38. The standard InChI is InChI=1S/C16H24N2O2/c1-18(16(19)13-17-12-14-8-9-14)10-5-11-20-15-6-3-2-4-7-15/h2-4,6-7,14,17H,5,8-13H2,1H3. The number of hydrogen-bond acceptors (Lipinski definition) is 3. The number of likely N-dealkylation sites (N-methyl/N-ethyl adjacent to an activating group) is 1. The maximum atomic E-state index is 11.8. The Labute approximate surface area is 121 Å². The van der Waals surface area contributed by atoms with Gasteiger partial charge in [-0.25, -0.2) is 0 Å². The van der Waals surface area contributed by atoms with E-state index < -0.39 is 0 Å². The van der Waals surface area contributed by atoms with Gasteiger partial charge < -0.3 is 15.0 Å². The fraction of sp³-hybridized carbons (Fsp3) is 0.562. The smallest absolute Gasteiger partial charge is 0.236 e. The molecule has 1 N–H and O–H groups in total. The highest BCUT2D eigenvalue weighted by Crippen LogP contribution is 2.27. The van der Waals surface area contributed by atoms with Gasteiger partial charge in [-0.05, 0) is 43.9 Å². The molecule has 1 fully saturated rings. The summed E-state index contributed by atoms with van der Waals surface area (Å²) in [4.78, 5) is 13.6. The van der Waals surface area contributed by atoms with Crippen LogP contribution in [0.2, 0.25) is 0 Å². The van der Waals surface area contributed by atoms with E-state index in [4.69, 9.17) is 4.74 Å². The average molecular weight is 276 g/mol. The quantitative estimate of drug-likeness (QED) is 0.701. The molecule has 0 radical (unpaired) electrons. The molecule has 1 saturated carbocycles. The van der Waals surface area contributed by atoms with Crippen molar-refractivity contribution >= 4 is 5.91 Å². The number of ether oxygens (including phenoxy) is 1. The van der Waals surface area contributed by atoms with Gasteiger partial charge in [-0.15, -0.1) is 0 Å². The number of nitrogens with zero attached hydrogens (tertiary/aromatic N) is 1. The first-order chi connectivity index (χ1) is 9.75. The van der Waals surface area contributed by atoms with Gasteiger partial charge in [-0.2, -0.15) is 0 Å². The Bertz CT molecular complexity index is 404. The van der Waals surface area contributed by atoms with Gasteiger partial charge in [0.15, 0.2) is 0 Å². The second-order valence-corrected chi connectivity index (χ2v) is 5.40. The van der Waals surface area contributed by atoms with E-state index in [2.05, 4.69) is 5.32 Å². The summed E-state index contributed by atoms with van der Waals surface area (Å²) in [7, 11) is 1.85. The van der Waals surface area contributed by atoms with Crippen molar-refractivity contribution in [1.29, 1.82) is 0 Å². The van der Waals surface area contributed by atoms with Crippen molar-refractivity contribution in [3.8, 4) is 5.75 Å². The van der Waals surface area contributed by atoms with Crippen LogP contribution in [0.1, 0.15) is 19.3 Å². The molecular formula is C16H24N2O2. The van der Waals surface area contributed by atoms with Crippen LogP contribution in [0.4, 0.5) is 0 Å². The predicted molar refractivity (Wildman–Crippen MR) is 79.8 cm³/mol. The highest BCUT2D eigenvalue weighted by molar-refractivity contribution is 5.77. The summed E-state index contributed by atoms with van der Waals surface area (Å²) >= 11 is 0. The number of carbonyl (C=O) groups excluding carboxylic acids is 1. The van der Waals surface area contributed by atoms with Crippen LogP contribution in [0.25, 0.3) is 0 Å². The van der Waals surface area contributed by atoms with E-state index in [-0.39, 0.29) is 5.91 Å². The molecule has 0 heterocycles. The number of rotatable bonds is 9. The van der Waals surface area contributed by atoms with Crippen LogP contribution in [0.5, 0.6) is 5.75 Å². The number of amides is 1. The summed E-state index contributed by atoms with van der Waals surface area (Å²) in [5.74, 6) is 1.85. The molecule has 1 aromatic rings. The number of benzene rings is 1. The van der Waals surface area contributed by atoms with Gasteiger partial charge in [0.25, 0.3) is 0 Å². The molecule has 4 nitrogen and oxygen atoms in total. The van der Waals surface area contributed by atoms with Gasteiger partial charge in [0, 0.05) is 13.6 Å². The maximum absolute atomic E-state index is 11.8. The van der Waals surface area contributed by atoms with Gasteiger partial charge in [0.1, 0.15) is 5.75 Å². The summed E-state index contributed by atoms with van der Waals surface area (Å²) < 4.78 is 5.60. The molecular weight excluding hydrogens is 252 g/mol. The lowest BCUT2D eigenvalue weighted by atomic mass is 10.3. The largest absolute Gasteiger partial charge is 0.494 e. The van der Waals surface area contributed by atoms with E-state index in [1.54, 1.807) is 4.90 Å². The van der Waals surface area contributed by atoms with Crippen LogP contribution in [0, 0.1) is 5.92 Å². The van der Waals surface area contributed by atoms with Gasteiger partial charge in [-0.1, -0.05) is 18.2 Å². The van der Waals surface area contributed by atoms with Crippen LogP contribution < -0.4 is 10.1 Å². The van der Waals surface area contributed by atoms with Crippen molar-refractivity contribution in [2.75, 3.05) is 33.3 Å². The molecule has 110 valence electrons. The fourth-order valence-electron chi connectivity index (χ4n) is 1.97. The van der Waals surface area contributed by atoms with E-state index in [1.807, 2.05) is 37.4 Å². The zero-order chi connectivity index (χ0) is 14.2. The summed E-state index contributed by atoms with van der Waals surface area (Å²) in [5.41, 5.74) is 0. The van der Waals surface area contributed by atoms with Crippen molar-refractivity contribution in [3.63, 3.8) is 0 Å². The Morgan fingerprint density at radius 2 is 2.10 bits per heavy atom. The zero-order valence-electron chi connectivity index (χ0n) is 12.2. The minimum atomic E-state index is 0.158. The normalized spacial score (nSPS) is 14.1. The van der Waals surface area contributed by atoms with Crippen molar-refractivity contribution in [1.82, 2.24) is 10.2 Å². The molecule has 20 heavy (non-hydrogen) atoms. The molecule has 0 aromatic heterocycles. The second-order valence-electron chi connectivity index (χ2n) is 5.40. The highest BCUT2D eigenvalue weighted by atomic mass is 16.5. The third kappa shape index (κ3) is 5.61. The van der Waals surface area contributed by atoms with Gasteiger partial charge in [0.05, 0.1) is 13.2 Å². The van der Waals surface area contributed by atoms with E-state index in [0.717, 1.165) is 31.2 Å². The first kappa shape index (κ1) is 14.9. The Kier molecular flexibility index (Phi) is 5.87. The van der Waals surface area contributed by atoms with Crippen molar-refractivity contribution in [2.24, 2.45) is 5.92 Å². The third-order valence-electron chi connectivity index (χ3n) is 3.48. The molecule has 0 unspecified atom stereocenters. The molecule has 4 heteroatoms. The van der Waals surface area contributed by atoms with Crippen LogP contribution in [-0.4, -0.2) is 44.1 Å². The molecule has 1 aliphatic rings. The zero-order valence-corrected chi connectivity index (χ0v) is 12.2. The summed E-state index contributed by atoms with van der Waals surface area (Å²) in [6, 6.07) is 9.76. The van der Waals surface area contributed by atoms with E-state index >= 15 is 0 Å². The lowest BCUT2D eigenvalue weighted by molar-refractivity contribution is -0.129. The first-order valence-corrected chi connectivity index (χ1v) is 7.38. The van der Waals surface area contributed by atoms with Crippen LogP contribution in [0.3, 0.4) is 0 Å². The lowest BCUT2D eigenvalue weighted by Gasteiger charge is -2.17. The molecule has 2 rings (SSSR count). The Morgan fingerprint density at radius 1 is 1.35 bits per heavy atom. The SMILES string of the molecule is CN(CCCOc1ccccc1)C(=O)CNCC1CC1. The lowest BCUT2D eigenvalue weighted by Crippen LogP contribution is -2.37. The number of hydrogen-bond donors (Lipinski definition) is 1. The molecule has 0 atom stereocenters. The molecule has 0 bridgehead atoms. The molecule has 1 amide bonds. The Balaban J connectivity index is 1.52. The van der Waals surface area contributed by atoms with Gasteiger partial charge >= 0.3 is 0 Å². The maximum Gasteiger partial charge on any atom is 0.236 e. The number of para-hydroxylation sites is 1. The average Bonchev–Trinajstić information content (AvgIpc) is 3.28. The molecule has 0 saturated heterocycles. The van der Waals surface area contributed by atoms with E-state index in [1.165, 1.54) is 12.8 Å².